The Morgan fingerprint density at radius 3 is 2.50 bits per heavy atom. The number of hydrogen-bond acceptors (Lipinski definition) is 4. The zero-order chi connectivity index (χ0) is 13.4. The van der Waals surface area contributed by atoms with Gasteiger partial charge in [0.25, 0.3) is 0 Å². The number of rotatable bonds is 4. The number of carbonyl (C=O) groups excluding carboxylic acids is 1. The van der Waals surface area contributed by atoms with Crippen molar-refractivity contribution < 1.29 is 19.4 Å². The molecule has 2 aliphatic rings. The van der Waals surface area contributed by atoms with Crippen molar-refractivity contribution in [2.24, 2.45) is 5.41 Å². The number of nitrogens with zero attached hydrogens (tertiary/aromatic N) is 1. The molecule has 0 radical (unpaired) electrons. The number of hydrogen-bond donors (Lipinski definition) is 2. The van der Waals surface area contributed by atoms with Crippen molar-refractivity contribution in [2.75, 3.05) is 32.8 Å². The fraction of sp³-hybridized carbons (Fsp3) is 0.833. The summed E-state index contributed by atoms with van der Waals surface area (Å²) in [4.78, 5) is 24.6. The molecular formula is C12H20N2O4. The fourth-order valence-corrected chi connectivity index (χ4v) is 2.25. The Balaban J connectivity index is 1.82. The molecular weight excluding hydrogens is 236 g/mol. The monoisotopic (exact) mass is 256 g/mol. The Labute approximate surface area is 106 Å². The third kappa shape index (κ3) is 2.49. The van der Waals surface area contributed by atoms with E-state index in [4.69, 9.17) is 9.84 Å². The second-order valence-corrected chi connectivity index (χ2v) is 5.77. The maximum Gasteiger partial charge on any atom is 0.311 e. The van der Waals surface area contributed by atoms with Crippen LogP contribution in [0.5, 0.6) is 0 Å². The maximum atomic E-state index is 11.9. The van der Waals surface area contributed by atoms with E-state index in [1.807, 2.05) is 6.92 Å². The molecule has 1 unspecified atom stereocenters. The van der Waals surface area contributed by atoms with Crippen molar-refractivity contribution in [3.63, 3.8) is 0 Å². The summed E-state index contributed by atoms with van der Waals surface area (Å²) in [6, 6.07) is 0. The second kappa shape index (κ2) is 4.51. The third-order valence-electron chi connectivity index (χ3n) is 3.88. The first-order valence-electron chi connectivity index (χ1n) is 6.21. The van der Waals surface area contributed by atoms with Crippen LogP contribution in [0, 0.1) is 5.41 Å². The molecule has 6 nitrogen and oxygen atoms in total. The van der Waals surface area contributed by atoms with Crippen LogP contribution in [0.15, 0.2) is 0 Å². The fourth-order valence-electron chi connectivity index (χ4n) is 2.25. The zero-order valence-corrected chi connectivity index (χ0v) is 10.9. The van der Waals surface area contributed by atoms with Crippen LogP contribution in [0.1, 0.15) is 20.3 Å². The maximum absolute atomic E-state index is 11.9. The molecule has 102 valence electrons. The quantitative estimate of drug-likeness (QED) is 0.721. The topological polar surface area (TPSA) is 78.9 Å². The van der Waals surface area contributed by atoms with Crippen molar-refractivity contribution in [1.29, 1.82) is 0 Å². The van der Waals surface area contributed by atoms with Gasteiger partial charge in [-0.1, -0.05) is 0 Å². The molecule has 2 saturated heterocycles. The van der Waals surface area contributed by atoms with Gasteiger partial charge in [0.1, 0.15) is 6.61 Å². The number of aliphatic carboxylic acids is 1. The summed E-state index contributed by atoms with van der Waals surface area (Å²) in [6.07, 6.45) is 0.507. The highest BCUT2D eigenvalue weighted by Crippen LogP contribution is 2.30. The third-order valence-corrected chi connectivity index (χ3v) is 3.88. The first-order valence-corrected chi connectivity index (χ1v) is 6.21. The summed E-state index contributed by atoms with van der Waals surface area (Å²) in [5, 5.41) is 12.2. The molecule has 1 atom stereocenters. The predicted octanol–water partition coefficient (Wildman–Crippen LogP) is -0.312. The zero-order valence-electron chi connectivity index (χ0n) is 10.9. The van der Waals surface area contributed by atoms with Crippen molar-refractivity contribution in [3.05, 3.63) is 0 Å². The highest BCUT2D eigenvalue weighted by atomic mass is 16.5. The summed E-state index contributed by atoms with van der Waals surface area (Å²) in [6.45, 7) is 5.97. The Hall–Kier alpha value is -1.14. The number of carboxylic acid groups (broad SMARTS) is 1. The van der Waals surface area contributed by atoms with E-state index in [-0.39, 0.29) is 24.7 Å². The van der Waals surface area contributed by atoms with Crippen LogP contribution in [-0.4, -0.2) is 60.3 Å². The molecule has 2 N–H and O–H groups in total. The molecule has 0 aliphatic carbocycles. The predicted molar refractivity (Wildman–Crippen MR) is 64.2 cm³/mol. The van der Waals surface area contributed by atoms with E-state index in [2.05, 4.69) is 5.32 Å². The van der Waals surface area contributed by atoms with E-state index in [0.717, 1.165) is 13.1 Å². The molecule has 6 heteroatoms. The van der Waals surface area contributed by atoms with Crippen LogP contribution in [0.25, 0.3) is 0 Å². The van der Waals surface area contributed by atoms with Gasteiger partial charge in [-0.2, -0.15) is 0 Å². The van der Waals surface area contributed by atoms with E-state index in [1.54, 1.807) is 11.8 Å². The molecule has 0 aromatic heterocycles. The number of nitrogens with one attached hydrogen (secondary N) is 1. The molecule has 2 heterocycles. The lowest BCUT2D eigenvalue weighted by Crippen LogP contribution is -2.59. The van der Waals surface area contributed by atoms with Gasteiger partial charge < -0.3 is 20.1 Å². The Morgan fingerprint density at radius 2 is 2.06 bits per heavy atom. The summed E-state index contributed by atoms with van der Waals surface area (Å²) in [5.41, 5.74) is -1.05. The average Bonchev–Trinajstić information content (AvgIpc) is 2.68. The van der Waals surface area contributed by atoms with Gasteiger partial charge in [0.05, 0.1) is 11.0 Å². The molecule has 2 aliphatic heterocycles. The molecule has 2 rings (SSSR count). The molecule has 18 heavy (non-hydrogen) atoms. The standard InChI is InChI=1S/C12H20N2O4/c1-11(10(16)17)3-4-14(8-11)9(15)5-18-12(2)6-13-7-12/h13H,3-8H2,1-2H3,(H,16,17). The minimum Gasteiger partial charge on any atom is -0.481 e. The van der Waals surface area contributed by atoms with Gasteiger partial charge in [-0.15, -0.1) is 0 Å². The van der Waals surface area contributed by atoms with Crippen molar-refractivity contribution in [1.82, 2.24) is 10.2 Å². The Kier molecular flexibility index (Phi) is 3.33. The second-order valence-electron chi connectivity index (χ2n) is 5.77. The number of ether oxygens (including phenoxy) is 1. The van der Waals surface area contributed by atoms with E-state index in [1.165, 1.54) is 0 Å². The van der Waals surface area contributed by atoms with Gasteiger partial charge in [-0.25, -0.2) is 0 Å². The summed E-state index contributed by atoms with van der Waals surface area (Å²) < 4.78 is 5.57. The van der Waals surface area contributed by atoms with Crippen LogP contribution in [0.4, 0.5) is 0 Å². The van der Waals surface area contributed by atoms with Crippen molar-refractivity contribution in [2.45, 2.75) is 25.9 Å². The number of likely N-dealkylation sites (tertiary alicyclic amines) is 1. The van der Waals surface area contributed by atoms with E-state index >= 15 is 0 Å². The summed E-state index contributed by atoms with van der Waals surface area (Å²) in [7, 11) is 0. The van der Waals surface area contributed by atoms with Crippen LogP contribution in [0.2, 0.25) is 0 Å². The largest absolute Gasteiger partial charge is 0.481 e. The summed E-state index contributed by atoms with van der Waals surface area (Å²) >= 11 is 0. The van der Waals surface area contributed by atoms with Crippen LogP contribution >= 0.6 is 0 Å². The van der Waals surface area contributed by atoms with Crippen LogP contribution in [0.3, 0.4) is 0 Å². The molecule has 0 aromatic rings. The SMILES string of the molecule is CC1(OCC(=O)N2CCC(C)(C(=O)O)C2)CNC1. The number of carbonyl (C=O) groups is 2. The van der Waals surface area contributed by atoms with Gasteiger partial charge in [0.2, 0.25) is 5.91 Å². The normalized spacial score (nSPS) is 30.0. The van der Waals surface area contributed by atoms with Gasteiger partial charge in [0.15, 0.2) is 0 Å². The average molecular weight is 256 g/mol. The lowest BCUT2D eigenvalue weighted by atomic mass is 9.90. The minimum atomic E-state index is -0.839. The molecule has 2 fully saturated rings. The smallest absolute Gasteiger partial charge is 0.311 e. The van der Waals surface area contributed by atoms with E-state index < -0.39 is 11.4 Å². The first kappa shape index (κ1) is 13.3. The van der Waals surface area contributed by atoms with Gasteiger partial charge in [0, 0.05) is 26.2 Å². The molecule has 1 amide bonds. The van der Waals surface area contributed by atoms with E-state index in [9.17, 15) is 9.59 Å². The van der Waals surface area contributed by atoms with Gasteiger partial charge in [-0.3, -0.25) is 9.59 Å². The first-order chi connectivity index (χ1) is 8.35. The molecule has 0 spiro atoms. The van der Waals surface area contributed by atoms with E-state index in [0.29, 0.717) is 13.0 Å². The van der Waals surface area contributed by atoms with Crippen molar-refractivity contribution >= 4 is 11.9 Å². The Morgan fingerprint density at radius 1 is 1.39 bits per heavy atom. The highest BCUT2D eigenvalue weighted by Gasteiger charge is 2.42. The van der Waals surface area contributed by atoms with Crippen LogP contribution in [-0.2, 0) is 14.3 Å². The summed E-state index contributed by atoms with van der Waals surface area (Å²) in [5.74, 6) is -0.957. The minimum absolute atomic E-state index is 0.0356. The van der Waals surface area contributed by atoms with Gasteiger partial charge >= 0.3 is 5.97 Å². The molecule has 0 saturated carbocycles. The lowest BCUT2D eigenvalue weighted by molar-refractivity contribution is -0.149. The number of amides is 1. The molecule has 0 aromatic carbocycles. The van der Waals surface area contributed by atoms with Crippen LogP contribution < -0.4 is 5.32 Å². The lowest BCUT2D eigenvalue weighted by Gasteiger charge is -2.39. The highest BCUT2D eigenvalue weighted by molar-refractivity contribution is 5.81. The van der Waals surface area contributed by atoms with Gasteiger partial charge in [-0.05, 0) is 20.3 Å². The molecule has 0 bridgehead atoms. The van der Waals surface area contributed by atoms with Crippen molar-refractivity contribution in [3.8, 4) is 0 Å². The number of carboxylic acids is 1. The Bertz CT molecular complexity index is 367.